The van der Waals surface area contributed by atoms with E-state index in [-0.39, 0.29) is 11.8 Å². The molecule has 4 nitrogen and oxygen atoms in total. The molecule has 0 aliphatic rings. The van der Waals surface area contributed by atoms with Crippen LogP contribution in [0.25, 0.3) is 0 Å². The molecule has 0 aliphatic carbocycles. The summed E-state index contributed by atoms with van der Waals surface area (Å²) in [5, 5.41) is 19.1. The Morgan fingerprint density at radius 3 is 2.44 bits per heavy atom. The lowest BCUT2D eigenvalue weighted by Crippen LogP contribution is -2.48. The Bertz CT molecular complexity index is 454. The van der Waals surface area contributed by atoms with Gasteiger partial charge >= 0.3 is 5.97 Å². The summed E-state index contributed by atoms with van der Waals surface area (Å²) in [6.07, 6.45) is 0. The predicted octanol–water partition coefficient (Wildman–Crippen LogP) is 2.56. The van der Waals surface area contributed by atoms with Gasteiger partial charge in [-0.15, -0.1) is 0 Å². The van der Waals surface area contributed by atoms with E-state index >= 15 is 0 Å². The van der Waals surface area contributed by atoms with Crippen molar-refractivity contribution in [2.45, 2.75) is 39.3 Å². The lowest BCUT2D eigenvalue weighted by molar-refractivity contribution is -0.149. The normalized spacial score (nSPS) is 13.7. The largest absolute Gasteiger partial charge is 0.508 e. The van der Waals surface area contributed by atoms with Crippen LogP contribution in [-0.2, 0) is 4.79 Å². The average Bonchev–Trinajstić information content (AvgIpc) is 2.30. The first-order valence-electron chi connectivity index (χ1n) is 5.93. The van der Waals surface area contributed by atoms with E-state index in [1.54, 1.807) is 31.9 Å². The second-order valence-electron chi connectivity index (χ2n) is 5.21. The van der Waals surface area contributed by atoms with E-state index in [4.69, 9.17) is 0 Å². The quantitative estimate of drug-likeness (QED) is 0.863. The van der Waals surface area contributed by atoms with Gasteiger partial charge in [0.25, 0.3) is 0 Å². The molecule has 0 bridgehead atoms. The molecule has 0 spiro atoms. The number of rotatable bonds is 4. The second kappa shape index (κ2) is 4.98. The number of likely N-dealkylation sites (N-methyl/N-ethyl adjacent to an activating group) is 1. The predicted molar refractivity (Wildman–Crippen MR) is 70.7 cm³/mol. The summed E-state index contributed by atoms with van der Waals surface area (Å²) < 4.78 is 0. The molecule has 1 atom stereocenters. The molecule has 0 radical (unpaired) electrons. The molecule has 0 aliphatic heterocycles. The Kier molecular flexibility index (Phi) is 4.02. The first-order chi connectivity index (χ1) is 8.17. The highest BCUT2D eigenvalue weighted by Gasteiger charge is 2.35. The maximum atomic E-state index is 11.2. The van der Waals surface area contributed by atoms with Crippen LogP contribution >= 0.6 is 0 Å². The molecule has 0 fully saturated rings. The maximum Gasteiger partial charge on any atom is 0.323 e. The van der Waals surface area contributed by atoms with E-state index in [9.17, 15) is 15.0 Å². The fourth-order valence-electron chi connectivity index (χ4n) is 1.85. The summed E-state index contributed by atoms with van der Waals surface area (Å²) in [6.45, 7) is 7.13. The summed E-state index contributed by atoms with van der Waals surface area (Å²) in [7, 11) is 1.75. The number of aliphatic carboxylic acids is 1. The van der Waals surface area contributed by atoms with Crippen LogP contribution in [0.5, 0.6) is 5.75 Å². The first kappa shape index (κ1) is 14.5. The molecule has 18 heavy (non-hydrogen) atoms. The molecule has 1 aromatic carbocycles. The number of aromatic hydroxyl groups is 1. The molecule has 1 rings (SSSR count). The van der Waals surface area contributed by atoms with Gasteiger partial charge in [0, 0.05) is 11.6 Å². The number of aryl methyl sites for hydroxylation is 1. The number of hydrogen-bond donors (Lipinski definition) is 2. The van der Waals surface area contributed by atoms with E-state index in [1.807, 2.05) is 26.0 Å². The molecule has 0 saturated carbocycles. The lowest BCUT2D eigenvalue weighted by atomic mass is 9.97. The highest BCUT2D eigenvalue weighted by molar-refractivity contribution is 5.77. The Labute approximate surface area is 108 Å². The van der Waals surface area contributed by atoms with Crippen molar-refractivity contribution in [2.75, 3.05) is 7.05 Å². The Hall–Kier alpha value is -1.55. The van der Waals surface area contributed by atoms with Crippen LogP contribution in [0, 0.1) is 6.92 Å². The molecule has 2 N–H and O–H groups in total. The number of phenols is 1. The van der Waals surface area contributed by atoms with Gasteiger partial charge in [-0.1, -0.05) is 17.7 Å². The number of carbonyl (C=O) groups is 1. The third kappa shape index (κ3) is 2.64. The standard InChI is InChI=1S/C14H21NO3/c1-9-6-7-12(16)11(8-9)10(2)15(5)14(3,4)13(17)18/h6-8,10,16H,1-5H3,(H,17,18). The molecule has 1 aromatic rings. The molecule has 4 heteroatoms. The van der Waals surface area contributed by atoms with Crippen molar-refractivity contribution in [3.63, 3.8) is 0 Å². The molecule has 0 aromatic heterocycles. The van der Waals surface area contributed by atoms with Gasteiger partial charge in [-0.25, -0.2) is 0 Å². The number of carboxylic acid groups (broad SMARTS) is 1. The van der Waals surface area contributed by atoms with Crippen LogP contribution in [0.15, 0.2) is 18.2 Å². The minimum absolute atomic E-state index is 0.184. The molecular weight excluding hydrogens is 230 g/mol. The van der Waals surface area contributed by atoms with E-state index in [1.165, 1.54) is 0 Å². The summed E-state index contributed by atoms with van der Waals surface area (Å²) in [4.78, 5) is 13.0. The molecule has 0 heterocycles. The van der Waals surface area contributed by atoms with Crippen molar-refractivity contribution in [3.8, 4) is 5.75 Å². The third-order valence-corrected chi connectivity index (χ3v) is 3.62. The second-order valence-corrected chi connectivity index (χ2v) is 5.21. The van der Waals surface area contributed by atoms with Crippen LogP contribution in [0.2, 0.25) is 0 Å². The van der Waals surface area contributed by atoms with Crippen LogP contribution in [0.1, 0.15) is 37.9 Å². The van der Waals surface area contributed by atoms with Crippen molar-refractivity contribution < 1.29 is 15.0 Å². The average molecular weight is 251 g/mol. The minimum atomic E-state index is -0.990. The molecule has 0 amide bonds. The number of benzene rings is 1. The van der Waals surface area contributed by atoms with Crippen molar-refractivity contribution in [1.29, 1.82) is 0 Å². The fraction of sp³-hybridized carbons (Fsp3) is 0.500. The van der Waals surface area contributed by atoms with Gasteiger partial charge in [-0.3, -0.25) is 9.69 Å². The van der Waals surface area contributed by atoms with Crippen LogP contribution in [-0.4, -0.2) is 33.7 Å². The molecular formula is C14H21NO3. The third-order valence-electron chi connectivity index (χ3n) is 3.62. The van der Waals surface area contributed by atoms with Gasteiger partial charge in [0.05, 0.1) is 0 Å². The van der Waals surface area contributed by atoms with Gasteiger partial charge in [-0.2, -0.15) is 0 Å². The van der Waals surface area contributed by atoms with Crippen molar-refractivity contribution in [2.24, 2.45) is 0 Å². The van der Waals surface area contributed by atoms with E-state index in [2.05, 4.69) is 0 Å². The van der Waals surface area contributed by atoms with Crippen molar-refractivity contribution in [3.05, 3.63) is 29.3 Å². The SMILES string of the molecule is Cc1ccc(O)c(C(C)N(C)C(C)(C)C(=O)O)c1. The number of carboxylic acids is 1. The Morgan fingerprint density at radius 2 is 1.94 bits per heavy atom. The first-order valence-corrected chi connectivity index (χ1v) is 5.93. The zero-order valence-corrected chi connectivity index (χ0v) is 11.6. The van der Waals surface area contributed by atoms with Gasteiger partial charge in [-0.05, 0) is 40.8 Å². The maximum absolute atomic E-state index is 11.2. The number of nitrogens with zero attached hydrogens (tertiary/aromatic N) is 1. The lowest BCUT2D eigenvalue weighted by Gasteiger charge is -2.36. The Morgan fingerprint density at radius 1 is 1.39 bits per heavy atom. The van der Waals surface area contributed by atoms with Gasteiger partial charge < -0.3 is 10.2 Å². The van der Waals surface area contributed by atoms with Gasteiger partial charge in [0.2, 0.25) is 0 Å². The minimum Gasteiger partial charge on any atom is -0.508 e. The van der Waals surface area contributed by atoms with Crippen LogP contribution in [0.3, 0.4) is 0 Å². The highest BCUT2D eigenvalue weighted by Crippen LogP contribution is 2.32. The number of phenolic OH excluding ortho intramolecular Hbond substituents is 1. The smallest absolute Gasteiger partial charge is 0.323 e. The van der Waals surface area contributed by atoms with E-state index in [0.717, 1.165) is 11.1 Å². The zero-order chi connectivity index (χ0) is 14.1. The van der Waals surface area contributed by atoms with Crippen molar-refractivity contribution >= 4 is 5.97 Å². The molecule has 0 saturated heterocycles. The summed E-state index contributed by atoms with van der Waals surface area (Å²) in [5.74, 6) is -0.690. The number of hydrogen-bond acceptors (Lipinski definition) is 3. The topological polar surface area (TPSA) is 60.8 Å². The summed E-state index contributed by atoms with van der Waals surface area (Å²) >= 11 is 0. The van der Waals surface area contributed by atoms with E-state index < -0.39 is 11.5 Å². The molecule has 100 valence electrons. The van der Waals surface area contributed by atoms with Crippen LogP contribution in [0.4, 0.5) is 0 Å². The monoisotopic (exact) mass is 251 g/mol. The van der Waals surface area contributed by atoms with Crippen LogP contribution < -0.4 is 0 Å². The summed E-state index contributed by atoms with van der Waals surface area (Å²) in [5.41, 5.74) is 0.790. The fourth-order valence-corrected chi connectivity index (χ4v) is 1.85. The van der Waals surface area contributed by atoms with Crippen molar-refractivity contribution in [1.82, 2.24) is 4.90 Å². The van der Waals surface area contributed by atoms with E-state index in [0.29, 0.717) is 0 Å². The zero-order valence-electron chi connectivity index (χ0n) is 11.6. The Balaban J connectivity index is 3.10. The summed E-state index contributed by atoms with van der Waals surface area (Å²) in [6, 6.07) is 5.17. The van der Waals surface area contributed by atoms with Gasteiger partial charge in [0.1, 0.15) is 11.3 Å². The highest BCUT2D eigenvalue weighted by atomic mass is 16.4. The van der Waals surface area contributed by atoms with Gasteiger partial charge in [0.15, 0.2) is 0 Å². The molecule has 1 unspecified atom stereocenters.